The molecule has 1 fully saturated rings. The van der Waals surface area contributed by atoms with E-state index in [1.807, 2.05) is 42.5 Å². The summed E-state index contributed by atoms with van der Waals surface area (Å²) >= 11 is 0. The molecule has 1 amide bonds. The summed E-state index contributed by atoms with van der Waals surface area (Å²) < 4.78 is 6.92. The number of hydrogen-bond donors (Lipinski definition) is 2. The molecule has 0 bridgehead atoms. The van der Waals surface area contributed by atoms with Crippen LogP contribution in [-0.4, -0.2) is 46.2 Å². The van der Waals surface area contributed by atoms with E-state index in [4.69, 9.17) is 4.42 Å². The number of nitrogens with zero attached hydrogens (tertiary/aromatic N) is 3. The highest BCUT2D eigenvalue weighted by Crippen LogP contribution is 2.20. The molecule has 0 spiro atoms. The summed E-state index contributed by atoms with van der Waals surface area (Å²) in [5.74, 6) is -0.622. The first kappa shape index (κ1) is 24.5. The zero-order valence-corrected chi connectivity index (χ0v) is 20.3. The summed E-state index contributed by atoms with van der Waals surface area (Å²) in [7, 11) is 0. The predicted molar refractivity (Wildman–Crippen MR) is 139 cm³/mol. The van der Waals surface area contributed by atoms with E-state index >= 15 is 0 Å². The number of rotatable bonds is 8. The lowest BCUT2D eigenvalue weighted by atomic mass is 10.1. The van der Waals surface area contributed by atoms with E-state index in [0.29, 0.717) is 29.8 Å². The molecule has 1 aromatic heterocycles. The maximum Gasteiger partial charge on any atom is 0.420 e. The smallest absolute Gasteiger partial charge is 0.408 e. The van der Waals surface area contributed by atoms with Crippen LogP contribution in [0.3, 0.4) is 0 Å². The molecule has 4 aromatic rings. The minimum Gasteiger partial charge on any atom is -0.408 e. The van der Waals surface area contributed by atoms with Gasteiger partial charge in [-0.15, -0.1) is 0 Å². The van der Waals surface area contributed by atoms with E-state index < -0.39 is 5.76 Å². The quantitative estimate of drug-likeness (QED) is 0.388. The molecule has 0 aliphatic carbocycles. The molecule has 8 nitrogen and oxygen atoms in total. The van der Waals surface area contributed by atoms with E-state index in [2.05, 4.69) is 16.3 Å². The number of nitriles is 1. The molecule has 2 heterocycles. The van der Waals surface area contributed by atoms with E-state index in [1.165, 1.54) is 4.57 Å². The highest BCUT2D eigenvalue weighted by Gasteiger charge is 2.25. The first-order valence-corrected chi connectivity index (χ1v) is 12.3. The van der Waals surface area contributed by atoms with Gasteiger partial charge in [-0.2, -0.15) is 5.26 Å². The molecule has 37 heavy (non-hydrogen) atoms. The van der Waals surface area contributed by atoms with Crippen LogP contribution in [0.15, 0.2) is 82.0 Å². The number of aliphatic hydroxyl groups excluding tert-OH is 1. The lowest BCUT2D eigenvalue weighted by molar-refractivity contribution is -0.121. The van der Waals surface area contributed by atoms with Crippen LogP contribution >= 0.6 is 0 Å². The van der Waals surface area contributed by atoms with E-state index in [0.717, 1.165) is 29.7 Å². The number of likely N-dealkylation sites (tertiary alicyclic amines) is 1. The first-order chi connectivity index (χ1) is 18.0. The second kappa shape index (κ2) is 10.8. The van der Waals surface area contributed by atoms with Crippen LogP contribution in [0.25, 0.3) is 11.1 Å². The third kappa shape index (κ3) is 5.80. The molecule has 0 saturated carbocycles. The van der Waals surface area contributed by atoms with E-state index in [9.17, 15) is 20.0 Å². The molecular weight excluding hydrogens is 468 g/mol. The van der Waals surface area contributed by atoms with Gasteiger partial charge >= 0.3 is 5.76 Å². The van der Waals surface area contributed by atoms with Crippen molar-refractivity contribution in [2.45, 2.75) is 31.5 Å². The van der Waals surface area contributed by atoms with Crippen molar-refractivity contribution in [1.82, 2.24) is 14.8 Å². The van der Waals surface area contributed by atoms with Crippen molar-refractivity contribution >= 4 is 17.0 Å². The molecule has 188 valence electrons. The third-order valence-electron chi connectivity index (χ3n) is 6.72. The van der Waals surface area contributed by atoms with Crippen LogP contribution in [0.5, 0.6) is 0 Å². The number of carbonyl (C=O) groups is 1. The number of aliphatic hydroxyl groups is 1. The summed E-state index contributed by atoms with van der Waals surface area (Å²) in [6.45, 7) is 2.28. The van der Waals surface area contributed by atoms with Crippen LogP contribution in [-0.2, 0) is 17.8 Å². The number of oxazole rings is 1. The first-order valence-electron chi connectivity index (χ1n) is 12.3. The molecule has 8 heteroatoms. The largest absolute Gasteiger partial charge is 0.420 e. The van der Waals surface area contributed by atoms with Crippen molar-refractivity contribution in [3.05, 3.63) is 106 Å². The average molecular weight is 497 g/mol. The van der Waals surface area contributed by atoms with Gasteiger partial charge in [-0.3, -0.25) is 14.3 Å². The topological polar surface area (TPSA) is 112 Å². The number of β-amino-alcohol motifs (C(OH)–C–C–N with tert-alkyl or cyclic N) is 1. The number of amides is 1. The lowest BCUT2D eigenvalue weighted by Gasteiger charge is -2.25. The van der Waals surface area contributed by atoms with Gasteiger partial charge in [-0.05, 0) is 47.4 Å². The Hall–Kier alpha value is -4.19. The summed E-state index contributed by atoms with van der Waals surface area (Å²) in [6, 6.07) is 24.1. The van der Waals surface area contributed by atoms with Crippen molar-refractivity contribution < 1.29 is 14.3 Å². The molecular formula is C29H28N4O4. The SMILES string of the molecule is N#Cc1cccc(Cn2c(=O)oc3ccc(CC(=O)N[C@H](CN4CCC(O)C4)c4ccccc4)cc32)c1. The van der Waals surface area contributed by atoms with Gasteiger partial charge < -0.3 is 14.8 Å². The van der Waals surface area contributed by atoms with Gasteiger partial charge in [0.2, 0.25) is 5.91 Å². The van der Waals surface area contributed by atoms with Crippen molar-refractivity contribution in [3.8, 4) is 6.07 Å². The third-order valence-corrected chi connectivity index (χ3v) is 6.72. The fourth-order valence-electron chi connectivity index (χ4n) is 4.88. The Morgan fingerprint density at radius 3 is 2.70 bits per heavy atom. The molecule has 1 aliphatic heterocycles. The minimum atomic E-state index is -0.490. The van der Waals surface area contributed by atoms with E-state index in [1.54, 1.807) is 30.3 Å². The van der Waals surface area contributed by atoms with Gasteiger partial charge in [0.1, 0.15) is 0 Å². The fourth-order valence-corrected chi connectivity index (χ4v) is 4.88. The Balaban J connectivity index is 1.34. The van der Waals surface area contributed by atoms with Gasteiger partial charge in [-0.25, -0.2) is 4.79 Å². The highest BCUT2D eigenvalue weighted by molar-refractivity contribution is 5.81. The van der Waals surface area contributed by atoms with Gasteiger partial charge in [0, 0.05) is 19.6 Å². The maximum atomic E-state index is 13.1. The Kier molecular flexibility index (Phi) is 7.17. The van der Waals surface area contributed by atoms with Crippen molar-refractivity contribution in [3.63, 3.8) is 0 Å². The normalized spacial score (nSPS) is 16.5. The van der Waals surface area contributed by atoms with Crippen molar-refractivity contribution in [1.29, 1.82) is 5.26 Å². The number of hydrogen-bond acceptors (Lipinski definition) is 6. The molecule has 2 N–H and O–H groups in total. The standard InChI is InChI=1S/C29H28N4O4/c30-16-21-5-4-6-22(13-21)17-33-26-14-20(9-10-27(26)37-29(33)36)15-28(35)31-25(23-7-2-1-3-8-23)19-32-12-11-24(34)18-32/h1-10,13-14,24-25,34H,11-12,15,17-19H2,(H,31,35)/t24?,25-/m1/s1. The number of fused-ring (bicyclic) bond motifs is 1. The zero-order valence-electron chi connectivity index (χ0n) is 20.3. The second-order valence-electron chi connectivity index (χ2n) is 9.48. The zero-order chi connectivity index (χ0) is 25.8. The molecule has 0 radical (unpaired) electrons. The molecule has 1 saturated heterocycles. The second-order valence-corrected chi connectivity index (χ2v) is 9.48. The molecule has 2 atom stereocenters. The lowest BCUT2D eigenvalue weighted by Crippen LogP contribution is -2.38. The maximum absolute atomic E-state index is 13.1. The minimum absolute atomic E-state index is 0.132. The fraction of sp³-hybridized carbons (Fsp3) is 0.276. The summed E-state index contributed by atoms with van der Waals surface area (Å²) in [5, 5.41) is 22.2. The van der Waals surface area contributed by atoms with Crippen LogP contribution in [0.4, 0.5) is 0 Å². The average Bonchev–Trinajstić information content (AvgIpc) is 3.46. The van der Waals surface area contributed by atoms with Crippen molar-refractivity contribution in [2.75, 3.05) is 19.6 Å². The molecule has 1 aliphatic rings. The number of benzene rings is 3. The van der Waals surface area contributed by atoms with Gasteiger partial charge in [0.05, 0.1) is 42.3 Å². The van der Waals surface area contributed by atoms with Gasteiger partial charge in [0.25, 0.3) is 0 Å². The van der Waals surface area contributed by atoms with Crippen molar-refractivity contribution in [2.24, 2.45) is 0 Å². The molecule has 1 unspecified atom stereocenters. The summed E-state index contributed by atoms with van der Waals surface area (Å²) in [6.07, 6.45) is 0.558. The van der Waals surface area contributed by atoms with Crippen LogP contribution in [0, 0.1) is 11.3 Å². The number of aromatic nitrogens is 1. The Morgan fingerprint density at radius 2 is 1.95 bits per heavy atom. The van der Waals surface area contributed by atoms with E-state index in [-0.39, 0.29) is 31.0 Å². The number of nitrogens with one attached hydrogen (secondary N) is 1. The summed E-state index contributed by atoms with van der Waals surface area (Å²) in [5.41, 5.74) is 4.14. The van der Waals surface area contributed by atoms with Crippen LogP contribution in [0.2, 0.25) is 0 Å². The van der Waals surface area contributed by atoms with Gasteiger partial charge in [0.15, 0.2) is 5.58 Å². The van der Waals surface area contributed by atoms with Gasteiger partial charge in [-0.1, -0.05) is 48.5 Å². The highest BCUT2D eigenvalue weighted by atomic mass is 16.4. The Labute approximate surface area is 214 Å². The van der Waals surface area contributed by atoms with Crippen LogP contribution < -0.4 is 11.1 Å². The molecule has 3 aromatic carbocycles. The molecule has 5 rings (SSSR count). The van der Waals surface area contributed by atoms with Crippen LogP contribution in [0.1, 0.15) is 34.7 Å². The predicted octanol–water partition coefficient (Wildman–Crippen LogP) is 2.98. The number of carbonyl (C=O) groups excluding carboxylic acids is 1. The summed E-state index contributed by atoms with van der Waals surface area (Å²) in [4.78, 5) is 27.8. The Morgan fingerprint density at radius 1 is 1.11 bits per heavy atom. The Bertz CT molecular complexity index is 1500. The monoisotopic (exact) mass is 496 g/mol.